The number of fused-ring (bicyclic) bond motifs is 1. The minimum absolute atomic E-state index is 0.0330. The van der Waals surface area contributed by atoms with Crippen LogP contribution in [0.1, 0.15) is 18.1 Å². The standard InChI is InChI=1S/C22H17F2N3O2/c1-3-20(28)27-13-15-11-18(21-17(19(15)12-25)5-4-10-26-21)14-6-8-16(9-7-14)29-22(2,23)24/h3-11H,1,13H2,2H3,(H,27,28). The highest BCUT2D eigenvalue weighted by molar-refractivity contribution is 5.98. The van der Waals surface area contributed by atoms with Gasteiger partial charge in [-0.3, -0.25) is 9.78 Å². The SMILES string of the molecule is C=CC(=O)NCc1cc(-c2ccc(OC(C)(F)F)cc2)c2ncccc2c1C#N. The van der Waals surface area contributed by atoms with Gasteiger partial charge in [0.25, 0.3) is 0 Å². The Bertz CT molecular complexity index is 1110. The Morgan fingerprint density at radius 2 is 2.07 bits per heavy atom. The predicted molar refractivity (Wildman–Crippen MR) is 105 cm³/mol. The molecule has 0 spiro atoms. The van der Waals surface area contributed by atoms with Gasteiger partial charge in [0, 0.05) is 30.6 Å². The number of hydrogen-bond acceptors (Lipinski definition) is 4. The molecule has 3 rings (SSSR count). The summed E-state index contributed by atoms with van der Waals surface area (Å²) >= 11 is 0. The molecule has 0 saturated heterocycles. The van der Waals surface area contributed by atoms with E-state index in [2.05, 4.69) is 27.7 Å². The van der Waals surface area contributed by atoms with E-state index in [-0.39, 0.29) is 18.2 Å². The molecule has 0 fully saturated rings. The van der Waals surface area contributed by atoms with Gasteiger partial charge in [0.15, 0.2) is 0 Å². The number of nitriles is 1. The maximum absolute atomic E-state index is 13.1. The van der Waals surface area contributed by atoms with Crippen molar-refractivity contribution in [2.75, 3.05) is 0 Å². The number of amides is 1. The quantitative estimate of drug-likeness (QED) is 0.623. The zero-order valence-electron chi connectivity index (χ0n) is 15.6. The van der Waals surface area contributed by atoms with Crippen LogP contribution in [0.25, 0.3) is 22.0 Å². The lowest BCUT2D eigenvalue weighted by molar-refractivity contribution is -0.158. The Kier molecular flexibility index (Phi) is 5.55. The van der Waals surface area contributed by atoms with Gasteiger partial charge in [-0.1, -0.05) is 18.7 Å². The normalized spacial score (nSPS) is 11.0. The topological polar surface area (TPSA) is 75.0 Å². The van der Waals surface area contributed by atoms with E-state index in [9.17, 15) is 18.8 Å². The molecule has 0 aliphatic rings. The lowest BCUT2D eigenvalue weighted by Crippen LogP contribution is -2.20. The summed E-state index contributed by atoms with van der Waals surface area (Å²) in [6.45, 7) is 4.21. The van der Waals surface area contributed by atoms with Gasteiger partial charge in [-0.15, -0.1) is 0 Å². The van der Waals surface area contributed by atoms with Crippen molar-refractivity contribution in [3.8, 4) is 22.9 Å². The second-order valence-electron chi connectivity index (χ2n) is 6.33. The van der Waals surface area contributed by atoms with Crippen LogP contribution in [0.15, 0.2) is 61.3 Å². The Labute approximate surface area is 166 Å². The van der Waals surface area contributed by atoms with Gasteiger partial charge in [0.05, 0.1) is 11.1 Å². The summed E-state index contributed by atoms with van der Waals surface area (Å²) in [6.07, 6.45) is -0.514. The van der Waals surface area contributed by atoms with Crippen LogP contribution in [-0.4, -0.2) is 17.0 Å². The lowest BCUT2D eigenvalue weighted by atomic mass is 9.94. The number of aromatic nitrogens is 1. The van der Waals surface area contributed by atoms with Gasteiger partial charge >= 0.3 is 6.11 Å². The van der Waals surface area contributed by atoms with Crippen LogP contribution in [0.2, 0.25) is 0 Å². The van der Waals surface area contributed by atoms with E-state index in [1.54, 1.807) is 36.5 Å². The number of pyridine rings is 1. The molecule has 146 valence electrons. The van der Waals surface area contributed by atoms with Crippen molar-refractivity contribution in [3.63, 3.8) is 0 Å². The molecule has 0 radical (unpaired) electrons. The second-order valence-corrected chi connectivity index (χ2v) is 6.33. The van der Waals surface area contributed by atoms with Crippen LogP contribution in [0.3, 0.4) is 0 Å². The van der Waals surface area contributed by atoms with Crippen molar-refractivity contribution in [2.45, 2.75) is 19.6 Å². The van der Waals surface area contributed by atoms with Gasteiger partial charge in [-0.2, -0.15) is 14.0 Å². The number of nitrogens with one attached hydrogen (secondary N) is 1. The highest BCUT2D eigenvalue weighted by Crippen LogP contribution is 2.33. The van der Waals surface area contributed by atoms with Crippen molar-refractivity contribution in [2.24, 2.45) is 0 Å². The molecule has 1 amide bonds. The van der Waals surface area contributed by atoms with Crippen LogP contribution in [-0.2, 0) is 11.3 Å². The van der Waals surface area contributed by atoms with Crippen LogP contribution in [0, 0.1) is 11.3 Å². The highest BCUT2D eigenvalue weighted by Gasteiger charge is 2.23. The number of hydrogen-bond donors (Lipinski definition) is 1. The molecular weight excluding hydrogens is 376 g/mol. The summed E-state index contributed by atoms with van der Waals surface area (Å²) in [4.78, 5) is 15.9. The molecule has 0 aliphatic carbocycles. The molecular formula is C22H17F2N3O2. The highest BCUT2D eigenvalue weighted by atomic mass is 19.3. The van der Waals surface area contributed by atoms with Crippen LogP contribution in [0.4, 0.5) is 8.78 Å². The fourth-order valence-electron chi connectivity index (χ4n) is 2.96. The van der Waals surface area contributed by atoms with Gasteiger partial charge in [0.2, 0.25) is 5.91 Å². The molecule has 0 saturated carbocycles. The first-order valence-electron chi connectivity index (χ1n) is 8.70. The summed E-state index contributed by atoms with van der Waals surface area (Å²) in [5.74, 6) is -0.325. The summed E-state index contributed by atoms with van der Waals surface area (Å²) in [5, 5.41) is 13.0. The average molecular weight is 393 g/mol. The average Bonchev–Trinajstić information content (AvgIpc) is 2.70. The zero-order valence-corrected chi connectivity index (χ0v) is 15.6. The van der Waals surface area contributed by atoms with E-state index < -0.39 is 6.11 Å². The third-order valence-electron chi connectivity index (χ3n) is 4.18. The van der Waals surface area contributed by atoms with Gasteiger partial charge in [0.1, 0.15) is 11.8 Å². The van der Waals surface area contributed by atoms with Gasteiger partial charge in [-0.25, -0.2) is 0 Å². The molecule has 0 atom stereocenters. The number of halogens is 2. The molecule has 0 unspecified atom stereocenters. The summed E-state index contributed by atoms with van der Waals surface area (Å²) in [5.41, 5.74) is 3.03. The van der Waals surface area contributed by atoms with Crippen molar-refractivity contribution in [1.82, 2.24) is 10.3 Å². The number of nitrogens with zero attached hydrogens (tertiary/aromatic N) is 2. The largest absolute Gasteiger partial charge is 0.433 e. The Morgan fingerprint density at radius 1 is 1.34 bits per heavy atom. The molecule has 0 aliphatic heterocycles. The Hall–Kier alpha value is -3.79. The van der Waals surface area contributed by atoms with Crippen molar-refractivity contribution in [1.29, 1.82) is 5.26 Å². The minimum Gasteiger partial charge on any atom is -0.433 e. The number of carbonyl (C=O) groups excluding carboxylic acids is 1. The summed E-state index contributed by atoms with van der Waals surface area (Å²) < 4.78 is 30.7. The van der Waals surface area contributed by atoms with Crippen molar-refractivity contribution < 1.29 is 18.3 Å². The molecule has 29 heavy (non-hydrogen) atoms. The minimum atomic E-state index is -3.28. The Balaban J connectivity index is 2.10. The number of carbonyl (C=O) groups is 1. The molecule has 1 N–H and O–H groups in total. The van der Waals surface area contributed by atoms with Crippen LogP contribution in [0.5, 0.6) is 5.75 Å². The first-order valence-corrected chi connectivity index (χ1v) is 8.70. The first kappa shape index (κ1) is 20.0. The van der Waals surface area contributed by atoms with E-state index in [1.165, 1.54) is 12.1 Å². The monoisotopic (exact) mass is 393 g/mol. The number of alkyl halides is 2. The molecule has 1 heterocycles. The van der Waals surface area contributed by atoms with Gasteiger partial charge in [-0.05, 0) is 47.5 Å². The molecule has 0 bridgehead atoms. The van der Waals surface area contributed by atoms with E-state index in [4.69, 9.17) is 0 Å². The van der Waals surface area contributed by atoms with E-state index in [0.717, 1.165) is 6.08 Å². The van der Waals surface area contributed by atoms with E-state index >= 15 is 0 Å². The number of rotatable bonds is 6. The molecule has 3 aromatic rings. The first-order chi connectivity index (χ1) is 13.8. The van der Waals surface area contributed by atoms with Crippen LogP contribution < -0.4 is 10.1 Å². The maximum Gasteiger partial charge on any atom is 0.394 e. The third kappa shape index (κ3) is 4.55. The van der Waals surface area contributed by atoms with E-state index in [0.29, 0.717) is 40.1 Å². The number of benzene rings is 2. The fraction of sp³-hybridized carbons (Fsp3) is 0.136. The van der Waals surface area contributed by atoms with Crippen LogP contribution >= 0.6 is 0 Å². The molecule has 2 aromatic carbocycles. The smallest absolute Gasteiger partial charge is 0.394 e. The zero-order chi connectivity index (χ0) is 21.0. The Morgan fingerprint density at radius 3 is 2.69 bits per heavy atom. The summed E-state index contributed by atoms with van der Waals surface area (Å²) in [6, 6.07) is 13.6. The second kappa shape index (κ2) is 8.07. The van der Waals surface area contributed by atoms with Crippen molar-refractivity contribution in [3.05, 3.63) is 72.4 Å². The van der Waals surface area contributed by atoms with Crippen molar-refractivity contribution >= 4 is 16.8 Å². The lowest BCUT2D eigenvalue weighted by Gasteiger charge is -2.15. The van der Waals surface area contributed by atoms with E-state index in [1.807, 2.05) is 0 Å². The summed E-state index contributed by atoms with van der Waals surface area (Å²) in [7, 11) is 0. The molecule has 5 nitrogen and oxygen atoms in total. The molecule has 1 aromatic heterocycles. The molecule has 7 heteroatoms. The fourth-order valence-corrected chi connectivity index (χ4v) is 2.96. The third-order valence-corrected chi connectivity index (χ3v) is 4.18. The number of ether oxygens (including phenoxy) is 1. The maximum atomic E-state index is 13.1. The predicted octanol–water partition coefficient (Wildman–Crippen LogP) is 4.57. The van der Waals surface area contributed by atoms with Gasteiger partial charge < -0.3 is 10.1 Å².